The number of methoxy groups -OCH3 is 1. The molecule has 0 unspecified atom stereocenters. The van der Waals surface area contributed by atoms with Crippen molar-refractivity contribution >= 4 is 5.91 Å². The van der Waals surface area contributed by atoms with Crippen LogP contribution in [0.1, 0.15) is 25.3 Å². The van der Waals surface area contributed by atoms with E-state index < -0.39 is 0 Å². The lowest BCUT2D eigenvalue weighted by atomic mass is 10.1. The number of hydrogen-bond acceptors (Lipinski definition) is 3. The first-order chi connectivity index (χ1) is 9.26. The van der Waals surface area contributed by atoms with Crippen LogP contribution < -0.4 is 15.4 Å². The smallest absolute Gasteiger partial charge is 0.221 e. The molecule has 1 rings (SSSR count). The van der Waals surface area contributed by atoms with Crippen molar-refractivity contribution in [2.24, 2.45) is 0 Å². The molecular weight excluding hydrogens is 240 g/mol. The van der Waals surface area contributed by atoms with Gasteiger partial charge in [-0.2, -0.15) is 0 Å². The number of amides is 1. The normalized spacial score (nSPS) is 10.2. The highest BCUT2D eigenvalue weighted by atomic mass is 16.5. The van der Waals surface area contributed by atoms with E-state index in [1.54, 1.807) is 7.11 Å². The van der Waals surface area contributed by atoms with Crippen LogP contribution in [0.5, 0.6) is 5.75 Å². The zero-order chi connectivity index (χ0) is 13.9. The number of carbonyl (C=O) groups excluding carboxylic acids is 1. The predicted octanol–water partition coefficient (Wildman–Crippen LogP) is 1.74. The average molecular weight is 264 g/mol. The molecule has 106 valence electrons. The number of ether oxygens (including phenoxy) is 1. The summed E-state index contributed by atoms with van der Waals surface area (Å²) < 4.78 is 5.16. The Labute approximate surface area is 115 Å². The van der Waals surface area contributed by atoms with Gasteiger partial charge < -0.3 is 15.4 Å². The summed E-state index contributed by atoms with van der Waals surface area (Å²) in [4.78, 5) is 11.5. The van der Waals surface area contributed by atoms with Crippen molar-refractivity contribution in [3.05, 3.63) is 29.8 Å². The van der Waals surface area contributed by atoms with E-state index >= 15 is 0 Å². The second-order valence-corrected chi connectivity index (χ2v) is 4.45. The van der Waals surface area contributed by atoms with Gasteiger partial charge in [-0.25, -0.2) is 0 Å². The maximum absolute atomic E-state index is 11.5. The van der Waals surface area contributed by atoms with Gasteiger partial charge in [-0.05, 0) is 37.1 Å². The molecule has 0 saturated heterocycles. The van der Waals surface area contributed by atoms with Crippen molar-refractivity contribution in [3.8, 4) is 5.75 Å². The number of benzene rings is 1. The third kappa shape index (κ3) is 6.82. The fourth-order valence-electron chi connectivity index (χ4n) is 1.77. The van der Waals surface area contributed by atoms with E-state index in [1.165, 1.54) is 5.56 Å². The summed E-state index contributed by atoms with van der Waals surface area (Å²) in [7, 11) is 1.66. The topological polar surface area (TPSA) is 50.4 Å². The summed E-state index contributed by atoms with van der Waals surface area (Å²) in [6.45, 7) is 4.50. The van der Waals surface area contributed by atoms with E-state index in [9.17, 15) is 4.79 Å². The highest BCUT2D eigenvalue weighted by molar-refractivity contribution is 5.76. The van der Waals surface area contributed by atoms with Crippen LogP contribution in [0, 0.1) is 0 Å². The molecule has 0 aliphatic heterocycles. The van der Waals surface area contributed by atoms with Gasteiger partial charge in [0, 0.05) is 19.5 Å². The molecular formula is C15H24N2O2. The van der Waals surface area contributed by atoms with Crippen LogP contribution in [0.4, 0.5) is 0 Å². The molecule has 0 radical (unpaired) electrons. The molecule has 4 nitrogen and oxygen atoms in total. The van der Waals surface area contributed by atoms with Gasteiger partial charge in [0.2, 0.25) is 5.91 Å². The van der Waals surface area contributed by atoms with E-state index in [0.29, 0.717) is 13.0 Å². The average Bonchev–Trinajstić information content (AvgIpc) is 2.44. The van der Waals surface area contributed by atoms with Gasteiger partial charge in [0.15, 0.2) is 0 Å². The first-order valence-electron chi connectivity index (χ1n) is 6.86. The third-order valence-electron chi connectivity index (χ3n) is 2.83. The van der Waals surface area contributed by atoms with E-state index in [2.05, 4.69) is 17.6 Å². The predicted molar refractivity (Wildman–Crippen MR) is 77.5 cm³/mol. The van der Waals surface area contributed by atoms with Crippen LogP contribution in [0.3, 0.4) is 0 Å². The van der Waals surface area contributed by atoms with Crippen LogP contribution in [0.25, 0.3) is 0 Å². The Morgan fingerprint density at radius 1 is 1.26 bits per heavy atom. The fourth-order valence-corrected chi connectivity index (χ4v) is 1.77. The second kappa shape index (κ2) is 9.39. The van der Waals surface area contributed by atoms with Gasteiger partial charge in [0.1, 0.15) is 5.75 Å². The quantitative estimate of drug-likeness (QED) is 0.668. The van der Waals surface area contributed by atoms with Crippen LogP contribution >= 0.6 is 0 Å². The Morgan fingerprint density at radius 3 is 2.84 bits per heavy atom. The van der Waals surface area contributed by atoms with Crippen molar-refractivity contribution in [2.45, 2.75) is 26.2 Å². The highest BCUT2D eigenvalue weighted by Gasteiger charge is 2.01. The number of carbonyl (C=O) groups is 1. The Bertz CT molecular complexity index is 380. The van der Waals surface area contributed by atoms with Crippen molar-refractivity contribution in [1.29, 1.82) is 0 Å². The maximum Gasteiger partial charge on any atom is 0.221 e. The van der Waals surface area contributed by atoms with Crippen molar-refractivity contribution < 1.29 is 9.53 Å². The molecule has 1 aromatic carbocycles. The number of hydrogen-bond donors (Lipinski definition) is 2. The second-order valence-electron chi connectivity index (χ2n) is 4.45. The minimum absolute atomic E-state index is 0.103. The van der Waals surface area contributed by atoms with Gasteiger partial charge in [0.05, 0.1) is 7.11 Å². The van der Waals surface area contributed by atoms with Gasteiger partial charge in [-0.15, -0.1) is 0 Å². The van der Waals surface area contributed by atoms with E-state index in [4.69, 9.17) is 4.74 Å². The molecule has 0 fully saturated rings. The molecule has 2 N–H and O–H groups in total. The number of rotatable bonds is 9. The molecule has 4 heteroatoms. The molecule has 19 heavy (non-hydrogen) atoms. The summed E-state index contributed by atoms with van der Waals surface area (Å²) >= 11 is 0. The molecule has 0 spiro atoms. The lowest BCUT2D eigenvalue weighted by molar-refractivity contribution is -0.120. The zero-order valence-corrected chi connectivity index (χ0v) is 11.9. The molecule has 0 aromatic heterocycles. The summed E-state index contributed by atoms with van der Waals surface area (Å²) in [6.07, 6.45) is 2.46. The molecule has 0 aliphatic rings. The molecule has 0 atom stereocenters. The van der Waals surface area contributed by atoms with Crippen LogP contribution in [0.15, 0.2) is 24.3 Å². The lowest BCUT2D eigenvalue weighted by Gasteiger charge is -2.07. The highest BCUT2D eigenvalue weighted by Crippen LogP contribution is 2.12. The van der Waals surface area contributed by atoms with E-state index in [-0.39, 0.29) is 5.91 Å². The van der Waals surface area contributed by atoms with Crippen LogP contribution in [-0.4, -0.2) is 32.7 Å². The molecule has 1 aromatic rings. The van der Waals surface area contributed by atoms with E-state index in [1.807, 2.05) is 24.3 Å². The van der Waals surface area contributed by atoms with Gasteiger partial charge in [0.25, 0.3) is 0 Å². The standard InChI is InChI=1S/C15H24N2O2/c1-3-9-16-10-8-15(18)17-11-7-13-5-4-6-14(12-13)19-2/h4-6,12,16H,3,7-11H2,1-2H3,(H,17,18). The SMILES string of the molecule is CCCNCCC(=O)NCCc1cccc(OC)c1. The summed E-state index contributed by atoms with van der Waals surface area (Å²) in [6, 6.07) is 7.92. The van der Waals surface area contributed by atoms with Crippen molar-refractivity contribution in [3.63, 3.8) is 0 Å². The van der Waals surface area contributed by atoms with Gasteiger partial charge in [-0.1, -0.05) is 19.1 Å². The number of nitrogens with one attached hydrogen (secondary N) is 2. The lowest BCUT2D eigenvalue weighted by Crippen LogP contribution is -2.29. The summed E-state index contributed by atoms with van der Waals surface area (Å²) in [5, 5.41) is 6.14. The molecule has 0 aliphatic carbocycles. The fraction of sp³-hybridized carbons (Fsp3) is 0.533. The molecule has 0 heterocycles. The van der Waals surface area contributed by atoms with Gasteiger partial charge >= 0.3 is 0 Å². The Morgan fingerprint density at radius 2 is 2.11 bits per heavy atom. The first-order valence-corrected chi connectivity index (χ1v) is 6.86. The third-order valence-corrected chi connectivity index (χ3v) is 2.83. The Kier molecular flexibility index (Phi) is 7.66. The molecule has 1 amide bonds. The van der Waals surface area contributed by atoms with Crippen molar-refractivity contribution in [1.82, 2.24) is 10.6 Å². The monoisotopic (exact) mass is 264 g/mol. The van der Waals surface area contributed by atoms with Crippen LogP contribution in [-0.2, 0) is 11.2 Å². The summed E-state index contributed by atoms with van der Waals surface area (Å²) in [5.41, 5.74) is 1.17. The summed E-state index contributed by atoms with van der Waals surface area (Å²) in [5.74, 6) is 0.957. The Hall–Kier alpha value is -1.55. The minimum Gasteiger partial charge on any atom is -0.497 e. The minimum atomic E-state index is 0.103. The van der Waals surface area contributed by atoms with Crippen LogP contribution in [0.2, 0.25) is 0 Å². The maximum atomic E-state index is 11.5. The first kappa shape index (κ1) is 15.5. The van der Waals surface area contributed by atoms with E-state index in [0.717, 1.165) is 31.7 Å². The zero-order valence-electron chi connectivity index (χ0n) is 11.9. The Balaban J connectivity index is 2.16. The van der Waals surface area contributed by atoms with Gasteiger partial charge in [-0.3, -0.25) is 4.79 Å². The molecule has 0 bridgehead atoms. The van der Waals surface area contributed by atoms with Crippen molar-refractivity contribution in [2.75, 3.05) is 26.7 Å². The molecule has 0 saturated carbocycles. The largest absolute Gasteiger partial charge is 0.497 e.